The van der Waals surface area contributed by atoms with Crippen LogP contribution in [0, 0.1) is 0 Å². The van der Waals surface area contributed by atoms with Gasteiger partial charge in [-0.05, 0) is 17.7 Å². The van der Waals surface area contributed by atoms with E-state index < -0.39 is 5.60 Å². The predicted molar refractivity (Wildman–Crippen MR) is 79.0 cm³/mol. The van der Waals surface area contributed by atoms with Gasteiger partial charge in [-0.1, -0.05) is 48.0 Å². The highest BCUT2D eigenvalue weighted by atomic mass is 35.5. The molecule has 0 bridgehead atoms. The van der Waals surface area contributed by atoms with E-state index in [9.17, 15) is 5.11 Å². The number of halogens is 1. The van der Waals surface area contributed by atoms with Gasteiger partial charge in [-0.3, -0.25) is 4.99 Å². The zero-order valence-corrected chi connectivity index (χ0v) is 11.5. The predicted octanol–water partition coefficient (Wildman–Crippen LogP) is 1.97. The number of hydrogen-bond acceptors (Lipinski definition) is 4. The van der Waals surface area contributed by atoms with Crippen molar-refractivity contribution in [3.8, 4) is 0 Å². The average Bonchev–Trinajstić information content (AvgIpc) is 3.02. The zero-order valence-electron chi connectivity index (χ0n) is 10.8. The molecule has 2 heterocycles. The molecule has 0 saturated heterocycles. The van der Waals surface area contributed by atoms with Gasteiger partial charge in [0.05, 0.1) is 12.2 Å². The molecular formula is C15H14ClN3O. The molecule has 1 atom stereocenters. The van der Waals surface area contributed by atoms with E-state index in [1.807, 2.05) is 30.3 Å². The molecule has 0 amide bonds. The first-order valence-corrected chi connectivity index (χ1v) is 6.79. The Morgan fingerprint density at radius 3 is 2.55 bits per heavy atom. The molecule has 4 nitrogen and oxygen atoms in total. The first kappa shape index (κ1) is 13.1. The lowest BCUT2D eigenvalue weighted by Crippen LogP contribution is -2.44. The van der Waals surface area contributed by atoms with Crippen LogP contribution in [0.2, 0.25) is 5.15 Å². The van der Waals surface area contributed by atoms with Crippen molar-refractivity contribution < 1.29 is 5.11 Å². The van der Waals surface area contributed by atoms with Crippen molar-refractivity contribution in [3.63, 3.8) is 0 Å². The highest BCUT2D eigenvalue weighted by molar-refractivity contribution is 6.29. The van der Waals surface area contributed by atoms with Crippen molar-refractivity contribution in [2.24, 2.45) is 4.99 Å². The number of benzene rings is 1. The van der Waals surface area contributed by atoms with Gasteiger partial charge in [0.1, 0.15) is 11.0 Å². The smallest absolute Gasteiger partial charge is 0.189 e. The maximum atomic E-state index is 11.3. The fourth-order valence-corrected chi connectivity index (χ4v) is 2.50. The van der Waals surface area contributed by atoms with E-state index in [1.165, 1.54) is 0 Å². The summed E-state index contributed by atoms with van der Waals surface area (Å²) >= 11 is 5.96. The molecule has 0 spiro atoms. The van der Waals surface area contributed by atoms with Crippen molar-refractivity contribution in [1.29, 1.82) is 0 Å². The average molecular weight is 288 g/mol. The molecule has 0 radical (unpaired) electrons. The summed E-state index contributed by atoms with van der Waals surface area (Å²) in [4.78, 5) is 8.62. The van der Waals surface area contributed by atoms with Gasteiger partial charge in [0.15, 0.2) is 5.60 Å². The number of aromatic nitrogens is 1. The first-order valence-electron chi connectivity index (χ1n) is 6.41. The lowest BCUT2D eigenvalue weighted by Gasteiger charge is -2.28. The van der Waals surface area contributed by atoms with Crippen molar-refractivity contribution in [2.75, 3.05) is 13.1 Å². The number of nitrogens with one attached hydrogen (secondary N) is 1. The second-order valence-corrected chi connectivity index (χ2v) is 4.97. The number of aliphatic imine (C=N–C) groups is 1. The molecule has 0 aliphatic carbocycles. The number of amidine groups is 1. The first-order chi connectivity index (χ1) is 9.71. The number of nitrogens with zero attached hydrogens (tertiary/aromatic N) is 2. The fraction of sp³-hybridized carbons (Fsp3) is 0.200. The summed E-state index contributed by atoms with van der Waals surface area (Å²) in [5, 5.41) is 14.7. The molecule has 102 valence electrons. The van der Waals surface area contributed by atoms with E-state index in [0.717, 1.165) is 0 Å². The number of pyridine rings is 1. The van der Waals surface area contributed by atoms with Crippen LogP contribution < -0.4 is 5.32 Å². The quantitative estimate of drug-likeness (QED) is 0.849. The molecule has 0 fully saturated rings. The molecular weight excluding hydrogens is 274 g/mol. The third-order valence-electron chi connectivity index (χ3n) is 3.29. The Balaban J connectivity index is 2.18. The van der Waals surface area contributed by atoms with Crippen molar-refractivity contribution >= 4 is 17.4 Å². The van der Waals surface area contributed by atoms with E-state index in [1.54, 1.807) is 18.2 Å². The molecule has 2 aromatic rings. The van der Waals surface area contributed by atoms with Gasteiger partial charge in [0.2, 0.25) is 0 Å². The Morgan fingerprint density at radius 1 is 1.10 bits per heavy atom. The van der Waals surface area contributed by atoms with Crippen LogP contribution in [0.15, 0.2) is 53.5 Å². The van der Waals surface area contributed by atoms with Gasteiger partial charge in [0.25, 0.3) is 0 Å². The minimum absolute atomic E-state index is 0.343. The molecule has 5 heteroatoms. The Kier molecular flexibility index (Phi) is 3.42. The standard InChI is InChI=1S/C15H14ClN3O/c16-13-8-4-7-12(19-13)15(20,14-17-9-10-18-14)11-5-2-1-3-6-11/h1-8,20H,9-10H2,(H,17,18). The van der Waals surface area contributed by atoms with E-state index in [2.05, 4.69) is 15.3 Å². The Labute approximate surface area is 122 Å². The van der Waals surface area contributed by atoms with Crippen LogP contribution in [-0.4, -0.2) is 29.0 Å². The molecule has 0 saturated carbocycles. The largest absolute Gasteiger partial charge is 0.372 e. The zero-order chi connectivity index (χ0) is 14.0. The number of rotatable bonds is 3. The molecule has 20 heavy (non-hydrogen) atoms. The van der Waals surface area contributed by atoms with E-state index in [0.29, 0.717) is 35.3 Å². The van der Waals surface area contributed by atoms with Crippen LogP contribution in [0.5, 0.6) is 0 Å². The van der Waals surface area contributed by atoms with Gasteiger partial charge in [-0.15, -0.1) is 0 Å². The summed E-state index contributed by atoms with van der Waals surface area (Å²) in [5.74, 6) is 0.512. The van der Waals surface area contributed by atoms with Crippen LogP contribution >= 0.6 is 11.6 Å². The fourth-order valence-electron chi connectivity index (χ4n) is 2.34. The third kappa shape index (κ3) is 2.17. The normalized spacial score (nSPS) is 17.2. The molecule has 1 unspecified atom stereocenters. The van der Waals surface area contributed by atoms with Gasteiger partial charge < -0.3 is 10.4 Å². The van der Waals surface area contributed by atoms with E-state index in [-0.39, 0.29) is 0 Å². The third-order valence-corrected chi connectivity index (χ3v) is 3.50. The summed E-state index contributed by atoms with van der Waals surface area (Å²) < 4.78 is 0. The summed E-state index contributed by atoms with van der Waals surface area (Å²) in [5.41, 5.74) is -0.227. The maximum absolute atomic E-state index is 11.3. The van der Waals surface area contributed by atoms with Crippen molar-refractivity contribution in [1.82, 2.24) is 10.3 Å². The molecule has 2 N–H and O–H groups in total. The van der Waals surface area contributed by atoms with E-state index in [4.69, 9.17) is 11.6 Å². The Bertz CT molecular complexity index is 645. The molecule has 3 rings (SSSR count). The Hall–Kier alpha value is -1.91. The van der Waals surface area contributed by atoms with Crippen LogP contribution in [0.25, 0.3) is 0 Å². The highest BCUT2D eigenvalue weighted by Crippen LogP contribution is 2.30. The van der Waals surface area contributed by atoms with E-state index >= 15 is 0 Å². The molecule has 1 aromatic carbocycles. The second kappa shape index (κ2) is 5.23. The lowest BCUT2D eigenvalue weighted by atomic mass is 9.88. The summed E-state index contributed by atoms with van der Waals surface area (Å²) in [7, 11) is 0. The topological polar surface area (TPSA) is 57.5 Å². The monoisotopic (exact) mass is 287 g/mol. The summed E-state index contributed by atoms with van der Waals surface area (Å²) in [6.07, 6.45) is 0. The minimum atomic E-state index is -1.40. The number of aliphatic hydroxyl groups is 1. The highest BCUT2D eigenvalue weighted by Gasteiger charge is 2.40. The summed E-state index contributed by atoms with van der Waals surface area (Å²) in [6.45, 7) is 1.36. The van der Waals surface area contributed by atoms with Gasteiger partial charge in [-0.25, -0.2) is 4.98 Å². The second-order valence-electron chi connectivity index (χ2n) is 4.58. The van der Waals surface area contributed by atoms with Crippen LogP contribution in [-0.2, 0) is 5.60 Å². The van der Waals surface area contributed by atoms with Crippen molar-refractivity contribution in [3.05, 3.63) is 64.9 Å². The number of hydrogen-bond donors (Lipinski definition) is 2. The molecule has 1 aliphatic rings. The van der Waals surface area contributed by atoms with Crippen molar-refractivity contribution in [2.45, 2.75) is 5.60 Å². The van der Waals surface area contributed by atoms with Crippen LogP contribution in [0.1, 0.15) is 11.3 Å². The molecule has 1 aliphatic heterocycles. The minimum Gasteiger partial charge on any atom is -0.372 e. The van der Waals surface area contributed by atoms with Crippen LogP contribution in [0.3, 0.4) is 0 Å². The summed E-state index contributed by atoms with van der Waals surface area (Å²) in [6, 6.07) is 14.6. The van der Waals surface area contributed by atoms with Gasteiger partial charge >= 0.3 is 0 Å². The Morgan fingerprint density at radius 2 is 1.90 bits per heavy atom. The van der Waals surface area contributed by atoms with Gasteiger partial charge in [0, 0.05) is 6.54 Å². The SMILES string of the molecule is OC(C1=NCCN1)(c1ccccc1)c1cccc(Cl)n1. The maximum Gasteiger partial charge on any atom is 0.189 e. The lowest BCUT2D eigenvalue weighted by molar-refractivity contribution is 0.147. The van der Waals surface area contributed by atoms with Gasteiger partial charge in [-0.2, -0.15) is 0 Å². The molecule has 1 aromatic heterocycles. The van der Waals surface area contributed by atoms with Crippen LogP contribution in [0.4, 0.5) is 0 Å².